The number of likely N-dealkylation sites (tertiary alicyclic amines) is 1. The molecule has 0 radical (unpaired) electrons. The Labute approximate surface area is 105 Å². The number of ether oxygens (including phenoxy) is 2. The lowest BCUT2D eigenvalue weighted by Gasteiger charge is -2.30. The van der Waals surface area contributed by atoms with Crippen molar-refractivity contribution in [2.45, 2.75) is 6.42 Å². The lowest BCUT2D eigenvalue weighted by Crippen LogP contribution is -2.44. The Kier molecular flexibility index (Phi) is 3.82. The van der Waals surface area contributed by atoms with Crippen LogP contribution >= 0.6 is 0 Å². The van der Waals surface area contributed by atoms with Crippen molar-refractivity contribution in [1.29, 1.82) is 0 Å². The molecule has 1 saturated heterocycles. The fourth-order valence-electron chi connectivity index (χ4n) is 1.61. The van der Waals surface area contributed by atoms with Gasteiger partial charge in [-0.05, 0) is 30.7 Å². The molecular weight excluding hydrogens is 234 g/mol. The van der Waals surface area contributed by atoms with E-state index in [1.807, 2.05) is 0 Å². The van der Waals surface area contributed by atoms with Gasteiger partial charge in [0, 0.05) is 13.1 Å². The highest BCUT2D eigenvalue weighted by molar-refractivity contribution is 5.89. The molecule has 1 aliphatic heterocycles. The molecule has 96 valence electrons. The molecule has 0 bridgehead atoms. The number of hydrogen-bond acceptors (Lipinski definition) is 4. The maximum atomic E-state index is 11.5. The summed E-state index contributed by atoms with van der Waals surface area (Å²) < 4.78 is 9.94. The molecule has 18 heavy (non-hydrogen) atoms. The molecule has 5 heteroatoms. The molecule has 1 fully saturated rings. The van der Waals surface area contributed by atoms with Crippen molar-refractivity contribution in [1.82, 2.24) is 4.90 Å². The summed E-state index contributed by atoms with van der Waals surface area (Å²) in [5, 5.41) is 0. The summed E-state index contributed by atoms with van der Waals surface area (Å²) in [4.78, 5) is 24.5. The van der Waals surface area contributed by atoms with Gasteiger partial charge in [-0.15, -0.1) is 0 Å². The molecule has 1 aromatic rings. The first-order valence-electron chi connectivity index (χ1n) is 5.79. The molecular formula is C13H15NO4. The summed E-state index contributed by atoms with van der Waals surface area (Å²) in [5.41, 5.74) is 0.457. The highest BCUT2D eigenvalue weighted by Crippen LogP contribution is 2.13. The standard InChI is InChI=1S/C13H15NO4/c1-17-13(16)10-3-5-11(6-4-10)18-9-12(15)14-7-2-8-14/h3-6H,2,7-9H2,1H3. The zero-order valence-electron chi connectivity index (χ0n) is 10.2. The van der Waals surface area contributed by atoms with Crippen LogP contribution in [0.15, 0.2) is 24.3 Å². The Morgan fingerprint density at radius 3 is 2.39 bits per heavy atom. The van der Waals surface area contributed by atoms with Gasteiger partial charge in [-0.3, -0.25) is 4.79 Å². The molecule has 5 nitrogen and oxygen atoms in total. The molecule has 0 aromatic heterocycles. The number of benzene rings is 1. The Morgan fingerprint density at radius 1 is 1.22 bits per heavy atom. The van der Waals surface area contributed by atoms with E-state index in [0.29, 0.717) is 11.3 Å². The summed E-state index contributed by atoms with van der Waals surface area (Å²) in [6.07, 6.45) is 1.07. The number of nitrogens with zero attached hydrogens (tertiary/aromatic N) is 1. The molecule has 0 N–H and O–H groups in total. The van der Waals surface area contributed by atoms with Gasteiger partial charge in [0.1, 0.15) is 5.75 Å². The number of methoxy groups -OCH3 is 1. The van der Waals surface area contributed by atoms with Gasteiger partial charge in [0.2, 0.25) is 0 Å². The Hall–Kier alpha value is -2.04. The number of carbonyl (C=O) groups is 2. The van der Waals surface area contributed by atoms with Gasteiger partial charge in [-0.2, -0.15) is 0 Å². The monoisotopic (exact) mass is 249 g/mol. The fourth-order valence-corrected chi connectivity index (χ4v) is 1.61. The molecule has 1 aliphatic rings. The van der Waals surface area contributed by atoms with Crippen LogP contribution in [0.2, 0.25) is 0 Å². The Bertz CT molecular complexity index is 437. The van der Waals surface area contributed by atoms with Gasteiger partial charge >= 0.3 is 5.97 Å². The summed E-state index contributed by atoms with van der Waals surface area (Å²) in [7, 11) is 1.33. The quantitative estimate of drug-likeness (QED) is 0.749. The van der Waals surface area contributed by atoms with Crippen LogP contribution in [-0.4, -0.2) is 43.6 Å². The van der Waals surface area contributed by atoms with E-state index in [9.17, 15) is 9.59 Å². The number of hydrogen-bond donors (Lipinski definition) is 0. The highest BCUT2D eigenvalue weighted by atomic mass is 16.5. The van der Waals surface area contributed by atoms with Crippen LogP contribution in [0.25, 0.3) is 0 Å². The van der Waals surface area contributed by atoms with Gasteiger partial charge in [0.25, 0.3) is 5.91 Å². The van der Waals surface area contributed by atoms with Gasteiger partial charge in [0.05, 0.1) is 12.7 Å². The van der Waals surface area contributed by atoms with Gasteiger partial charge < -0.3 is 14.4 Å². The summed E-state index contributed by atoms with van der Waals surface area (Å²) in [6.45, 7) is 1.69. The molecule has 1 heterocycles. The number of esters is 1. The van der Waals surface area contributed by atoms with Crippen molar-refractivity contribution in [3.63, 3.8) is 0 Å². The summed E-state index contributed by atoms with van der Waals surface area (Å²) >= 11 is 0. The molecule has 0 saturated carbocycles. The van der Waals surface area contributed by atoms with Gasteiger partial charge in [0.15, 0.2) is 6.61 Å². The number of carbonyl (C=O) groups excluding carboxylic acids is 2. The van der Waals surface area contributed by atoms with Crippen molar-refractivity contribution >= 4 is 11.9 Å². The largest absolute Gasteiger partial charge is 0.484 e. The van der Waals surface area contributed by atoms with E-state index in [2.05, 4.69) is 4.74 Å². The zero-order chi connectivity index (χ0) is 13.0. The van der Waals surface area contributed by atoms with E-state index < -0.39 is 5.97 Å². The highest BCUT2D eigenvalue weighted by Gasteiger charge is 2.20. The molecule has 1 aromatic carbocycles. The van der Waals surface area contributed by atoms with Gasteiger partial charge in [-0.1, -0.05) is 0 Å². The van der Waals surface area contributed by atoms with Crippen LogP contribution in [0.5, 0.6) is 5.75 Å². The normalized spacial score (nSPS) is 13.7. The lowest BCUT2D eigenvalue weighted by atomic mass is 10.2. The van der Waals surface area contributed by atoms with Crippen LogP contribution < -0.4 is 4.74 Å². The second kappa shape index (κ2) is 5.53. The SMILES string of the molecule is COC(=O)c1ccc(OCC(=O)N2CCC2)cc1. The molecule has 0 unspecified atom stereocenters. The van der Waals surface area contributed by atoms with E-state index in [1.54, 1.807) is 29.2 Å². The van der Waals surface area contributed by atoms with Crippen LogP contribution in [-0.2, 0) is 9.53 Å². The molecule has 2 rings (SSSR count). The van der Waals surface area contributed by atoms with Crippen molar-refractivity contribution in [3.05, 3.63) is 29.8 Å². The maximum absolute atomic E-state index is 11.5. The first-order chi connectivity index (χ1) is 8.70. The third-order valence-electron chi connectivity index (χ3n) is 2.85. The minimum Gasteiger partial charge on any atom is -0.484 e. The second-order valence-corrected chi connectivity index (χ2v) is 4.04. The van der Waals surface area contributed by atoms with E-state index in [0.717, 1.165) is 19.5 Å². The average molecular weight is 249 g/mol. The first kappa shape index (κ1) is 12.4. The first-order valence-corrected chi connectivity index (χ1v) is 5.79. The van der Waals surface area contributed by atoms with Crippen molar-refractivity contribution in [2.24, 2.45) is 0 Å². The maximum Gasteiger partial charge on any atom is 0.337 e. The van der Waals surface area contributed by atoms with E-state index in [1.165, 1.54) is 7.11 Å². The van der Waals surface area contributed by atoms with Crippen molar-refractivity contribution < 1.29 is 19.1 Å². The minimum absolute atomic E-state index is 0.00158. The average Bonchev–Trinajstić information content (AvgIpc) is 2.34. The topological polar surface area (TPSA) is 55.8 Å². The van der Waals surface area contributed by atoms with Crippen LogP contribution in [0.3, 0.4) is 0 Å². The third kappa shape index (κ3) is 2.80. The number of amides is 1. The molecule has 0 spiro atoms. The molecule has 0 aliphatic carbocycles. The Balaban J connectivity index is 1.86. The van der Waals surface area contributed by atoms with Crippen LogP contribution in [0, 0.1) is 0 Å². The minimum atomic E-state index is -0.391. The van der Waals surface area contributed by atoms with E-state index >= 15 is 0 Å². The van der Waals surface area contributed by atoms with Crippen LogP contribution in [0.4, 0.5) is 0 Å². The zero-order valence-corrected chi connectivity index (χ0v) is 10.2. The predicted molar refractivity (Wildman–Crippen MR) is 64.5 cm³/mol. The number of rotatable bonds is 4. The van der Waals surface area contributed by atoms with E-state index in [-0.39, 0.29) is 12.5 Å². The lowest BCUT2D eigenvalue weighted by molar-refractivity contribution is -0.136. The smallest absolute Gasteiger partial charge is 0.337 e. The predicted octanol–water partition coefficient (Wildman–Crippen LogP) is 1.08. The van der Waals surface area contributed by atoms with Crippen LogP contribution in [0.1, 0.15) is 16.8 Å². The molecule has 1 amide bonds. The summed E-state index contributed by atoms with van der Waals surface area (Å²) in [6, 6.07) is 6.51. The van der Waals surface area contributed by atoms with Crippen molar-refractivity contribution in [2.75, 3.05) is 26.8 Å². The fraction of sp³-hybridized carbons (Fsp3) is 0.385. The van der Waals surface area contributed by atoms with Crippen molar-refractivity contribution in [3.8, 4) is 5.75 Å². The second-order valence-electron chi connectivity index (χ2n) is 4.04. The van der Waals surface area contributed by atoms with E-state index in [4.69, 9.17) is 4.74 Å². The third-order valence-corrected chi connectivity index (χ3v) is 2.85. The van der Waals surface area contributed by atoms with Gasteiger partial charge in [-0.25, -0.2) is 4.79 Å². The Morgan fingerprint density at radius 2 is 1.89 bits per heavy atom. The molecule has 0 atom stereocenters. The summed E-state index contributed by atoms with van der Waals surface area (Å²) in [5.74, 6) is 0.174.